The van der Waals surface area contributed by atoms with E-state index in [1.807, 2.05) is 13.8 Å². The van der Waals surface area contributed by atoms with Crippen molar-refractivity contribution in [3.05, 3.63) is 65.2 Å². The van der Waals surface area contributed by atoms with E-state index in [-0.39, 0.29) is 31.2 Å². The number of ether oxygens (including phenoxy) is 1. The molecule has 1 aliphatic rings. The molecule has 160 valence electrons. The molecule has 0 radical (unpaired) electrons. The minimum Gasteiger partial charge on any atom is -0.491 e. The third-order valence-electron chi connectivity index (χ3n) is 4.72. The van der Waals surface area contributed by atoms with E-state index in [1.165, 1.54) is 23.1 Å². The molecule has 0 spiro atoms. The maximum atomic E-state index is 13.5. The lowest BCUT2D eigenvalue weighted by atomic mass is 9.96. The molecule has 1 N–H and O–H groups in total. The Balaban J connectivity index is 1.89. The molecule has 0 bridgehead atoms. The van der Waals surface area contributed by atoms with Crippen molar-refractivity contribution in [2.24, 2.45) is 0 Å². The van der Waals surface area contributed by atoms with Gasteiger partial charge in [0.2, 0.25) is 11.8 Å². The number of carbonyl (C=O) groups excluding carboxylic acids is 2. The van der Waals surface area contributed by atoms with Crippen LogP contribution in [0.3, 0.4) is 0 Å². The summed E-state index contributed by atoms with van der Waals surface area (Å²) in [7, 11) is 0. The third-order valence-corrected chi connectivity index (χ3v) is 4.72. The molecule has 1 heterocycles. The summed E-state index contributed by atoms with van der Waals surface area (Å²) < 4.78 is 46.1. The Morgan fingerprint density at radius 3 is 2.63 bits per heavy atom. The average Bonchev–Trinajstić information content (AvgIpc) is 2.67. The standard InChI is InChI=1S/C22H23F3N2O3/c1-14(2)30-16-7-5-6-15(12-16)13-19(28)27-11-10-26-21(29)20(27)17-8-3-4-9-18(17)22(23,24)25/h3-9,12,14,20H,10-11,13H2,1-2H3,(H,26,29). The summed E-state index contributed by atoms with van der Waals surface area (Å²) >= 11 is 0. The first-order chi connectivity index (χ1) is 14.2. The number of piperazine rings is 1. The van der Waals surface area contributed by atoms with E-state index >= 15 is 0 Å². The molecule has 1 atom stereocenters. The van der Waals surface area contributed by atoms with E-state index in [0.717, 1.165) is 6.07 Å². The fraction of sp³-hybridized carbons (Fsp3) is 0.364. The number of hydrogen-bond donors (Lipinski definition) is 1. The monoisotopic (exact) mass is 420 g/mol. The molecule has 1 saturated heterocycles. The van der Waals surface area contributed by atoms with Gasteiger partial charge in [-0.1, -0.05) is 30.3 Å². The minimum atomic E-state index is -4.63. The van der Waals surface area contributed by atoms with E-state index in [1.54, 1.807) is 24.3 Å². The van der Waals surface area contributed by atoms with Crippen LogP contribution in [0.5, 0.6) is 5.75 Å². The van der Waals surface area contributed by atoms with Crippen molar-refractivity contribution in [2.75, 3.05) is 13.1 Å². The molecular formula is C22H23F3N2O3. The highest BCUT2D eigenvalue weighted by Gasteiger charge is 2.41. The number of halogens is 3. The molecule has 8 heteroatoms. The SMILES string of the molecule is CC(C)Oc1cccc(CC(=O)N2CCNC(=O)C2c2ccccc2C(F)(F)F)c1. The number of benzene rings is 2. The highest BCUT2D eigenvalue weighted by molar-refractivity contribution is 5.90. The number of nitrogens with zero attached hydrogens (tertiary/aromatic N) is 1. The molecular weight excluding hydrogens is 397 g/mol. The summed E-state index contributed by atoms with van der Waals surface area (Å²) in [6.45, 7) is 4.08. The average molecular weight is 420 g/mol. The van der Waals surface area contributed by atoms with E-state index in [4.69, 9.17) is 4.74 Å². The van der Waals surface area contributed by atoms with Gasteiger partial charge >= 0.3 is 6.18 Å². The molecule has 0 saturated carbocycles. The Hall–Kier alpha value is -3.03. The van der Waals surface area contributed by atoms with Gasteiger partial charge in [0, 0.05) is 13.1 Å². The Kier molecular flexibility index (Phi) is 6.34. The van der Waals surface area contributed by atoms with E-state index < -0.39 is 29.6 Å². The van der Waals surface area contributed by atoms with Gasteiger partial charge in [-0.05, 0) is 43.2 Å². The van der Waals surface area contributed by atoms with Crippen LogP contribution in [-0.2, 0) is 22.2 Å². The summed E-state index contributed by atoms with van der Waals surface area (Å²) in [5.74, 6) is -0.442. The van der Waals surface area contributed by atoms with Crippen molar-refractivity contribution in [3.8, 4) is 5.75 Å². The zero-order chi connectivity index (χ0) is 21.9. The van der Waals surface area contributed by atoms with Crippen molar-refractivity contribution in [1.29, 1.82) is 0 Å². The highest BCUT2D eigenvalue weighted by atomic mass is 19.4. The molecule has 2 amide bonds. The molecule has 1 unspecified atom stereocenters. The van der Waals surface area contributed by atoms with E-state index in [0.29, 0.717) is 11.3 Å². The summed E-state index contributed by atoms with van der Waals surface area (Å²) in [5, 5.41) is 2.57. The van der Waals surface area contributed by atoms with Crippen LogP contribution in [0.2, 0.25) is 0 Å². The molecule has 1 fully saturated rings. The van der Waals surface area contributed by atoms with Crippen LogP contribution in [0, 0.1) is 0 Å². The van der Waals surface area contributed by atoms with Crippen molar-refractivity contribution < 1.29 is 27.5 Å². The smallest absolute Gasteiger partial charge is 0.416 e. The summed E-state index contributed by atoms with van der Waals surface area (Å²) in [5.41, 5.74) is -0.489. The van der Waals surface area contributed by atoms with Crippen molar-refractivity contribution in [1.82, 2.24) is 10.2 Å². The molecule has 0 aliphatic carbocycles. The van der Waals surface area contributed by atoms with Gasteiger partial charge in [-0.2, -0.15) is 13.2 Å². The maximum absolute atomic E-state index is 13.5. The highest BCUT2D eigenvalue weighted by Crippen LogP contribution is 2.37. The lowest BCUT2D eigenvalue weighted by molar-refractivity contribution is -0.146. The quantitative estimate of drug-likeness (QED) is 0.802. The number of hydrogen-bond acceptors (Lipinski definition) is 3. The molecule has 0 aromatic heterocycles. The van der Waals surface area contributed by atoms with Crippen LogP contribution in [0.4, 0.5) is 13.2 Å². The molecule has 2 aromatic rings. The number of carbonyl (C=O) groups is 2. The fourth-order valence-electron chi connectivity index (χ4n) is 3.52. The summed E-state index contributed by atoms with van der Waals surface area (Å²) in [6.07, 6.45) is -4.72. The van der Waals surface area contributed by atoms with Crippen LogP contribution in [-0.4, -0.2) is 35.9 Å². The maximum Gasteiger partial charge on any atom is 0.416 e. The van der Waals surface area contributed by atoms with E-state index in [2.05, 4.69) is 5.32 Å². The molecule has 30 heavy (non-hydrogen) atoms. The first-order valence-corrected chi connectivity index (χ1v) is 9.65. The Morgan fingerprint density at radius 2 is 1.93 bits per heavy atom. The van der Waals surface area contributed by atoms with Gasteiger partial charge in [-0.25, -0.2) is 0 Å². The first-order valence-electron chi connectivity index (χ1n) is 9.65. The minimum absolute atomic E-state index is 0.0370. The van der Waals surface area contributed by atoms with Crippen molar-refractivity contribution >= 4 is 11.8 Å². The second-order valence-corrected chi connectivity index (χ2v) is 7.36. The van der Waals surface area contributed by atoms with Gasteiger partial charge in [0.25, 0.3) is 0 Å². The Morgan fingerprint density at radius 1 is 1.20 bits per heavy atom. The van der Waals surface area contributed by atoms with Gasteiger partial charge in [0.05, 0.1) is 18.1 Å². The van der Waals surface area contributed by atoms with Crippen molar-refractivity contribution in [3.63, 3.8) is 0 Å². The Labute approximate surface area is 172 Å². The van der Waals surface area contributed by atoms with Crippen LogP contribution in [0.25, 0.3) is 0 Å². The van der Waals surface area contributed by atoms with Gasteiger partial charge in [0.15, 0.2) is 0 Å². The second-order valence-electron chi connectivity index (χ2n) is 7.36. The van der Waals surface area contributed by atoms with Gasteiger partial charge in [-0.15, -0.1) is 0 Å². The van der Waals surface area contributed by atoms with Gasteiger partial charge in [0.1, 0.15) is 11.8 Å². The van der Waals surface area contributed by atoms with E-state index in [9.17, 15) is 22.8 Å². The Bertz CT molecular complexity index is 928. The number of nitrogens with one attached hydrogen (secondary N) is 1. The number of amides is 2. The topological polar surface area (TPSA) is 58.6 Å². The normalized spacial score (nSPS) is 17.1. The fourth-order valence-corrected chi connectivity index (χ4v) is 3.52. The lowest BCUT2D eigenvalue weighted by Crippen LogP contribution is -2.53. The van der Waals surface area contributed by atoms with Crippen LogP contribution in [0.1, 0.15) is 36.6 Å². The largest absolute Gasteiger partial charge is 0.491 e. The zero-order valence-corrected chi connectivity index (χ0v) is 16.7. The second kappa shape index (κ2) is 8.77. The third kappa shape index (κ3) is 4.93. The predicted molar refractivity (Wildman–Crippen MR) is 105 cm³/mol. The van der Waals surface area contributed by atoms with Gasteiger partial charge < -0.3 is 15.0 Å². The number of alkyl halides is 3. The number of rotatable bonds is 5. The zero-order valence-electron chi connectivity index (χ0n) is 16.7. The molecule has 1 aliphatic heterocycles. The molecule has 3 rings (SSSR count). The van der Waals surface area contributed by atoms with Crippen LogP contribution < -0.4 is 10.1 Å². The molecule has 2 aromatic carbocycles. The lowest BCUT2D eigenvalue weighted by Gasteiger charge is -2.36. The van der Waals surface area contributed by atoms with Crippen molar-refractivity contribution in [2.45, 2.75) is 38.6 Å². The molecule has 5 nitrogen and oxygen atoms in total. The summed E-state index contributed by atoms with van der Waals surface area (Å²) in [6, 6.07) is 10.5. The summed E-state index contributed by atoms with van der Waals surface area (Å²) in [4.78, 5) is 26.8. The predicted octanol–water partition coefficient (Wildman–Crippen LogP) is 3.73. The first kappa shape index (κ1) is 21.7. The van der Waals surface area contributed by atoms with Crippen LogP contribution in [0.15, 0.2) is 48.5 Å². The van der Waals surface area contributed by atoms with Gasteiger partial charge in [-0.3, -0.25) is 9.59 Å². The van der Waals surface area contributed by atoms with Crippen LogP contribution >= 0.6 is 0 Å².